The van der Waals surface area contributed by atoms with Crippen LogP contribution in [0.2, 0.25) is 0 Å². The van der Waals surface area contributed by atoms with Gasteiger partial charge in [0.1, 0.15) is 5.75 Å². The lowest BCUT2D eigenvalue weighted by molar-refractivity contribution is -0.138. The first-order valence-corrected chi connectivity index (χ1v) is 10.7. The molecule has 2 aromatic carbocycles. The highest BCUT2D eigenvalue weighted by Crippen LogP contribution is 2.40. The lowest BCUT2D eigenvalue weighted by Gasteiger charge is -2.37. The number of nitrogens with zero attached hydrogens (tertiary/aromatic N) is 1. The molecule has 0 bridgehead atoms. The molecular weight excluding hydrogens is 412 g/mol. The summed E-state index contributed by atoms with van der Waals surface area (Å²) in [4.78, 5) is 26.5. The number of methoxy groups -OCH3 is 1. The van der Waals surface area contributed by atoms with Gasteiger partial charge in [0, 0.05) is 6.54 Å². The normalized spacial score (nSPS) is 15.0. The fourth-order valence-electron chi connectivity index (χ4n) is 3.98. The van der Waals surface area contributed by atoms with Gasteiger partial charge in [-0.3, -0.25) is 4.79 Å². The number of nitrogens with one attached hydrogen (secondary N) is 1. The molecule has 0 radical (unpaired) electrons. The number of urea groups is 1. The van der Waals surface area contributed by atoms with Gasteiger partial charge in [-0.25, -0.2) is 4.79 Å². The zero-order valence-corrected chi connectivity index (χ0v) is 18.9. The largest absolute Gasteiger partial charge is 0.495 e. The molecule has 172 valence electrons. The van der Waals surface area contributed by atoms with Crippen molar-refractivity contribution in [3.63, 3.8) is 0 Å². The summed E-state index contributed by atoms with van der Waals surface area (Å²) in [6.45, 7) is 7.01. The highest BCUT2D eigenvalue weighted by atomic mass is 16.5. The van der Waals surface area contributed by atoms with Gasteiger partial charge < -0.3 is 29.5 Å². The van der Waals surface area contributed by atoms with Crippen LogP contribution in [0.15, 0.2) is 30.3 Å². The summed E-state index contributed by atoms with van der Waals surface area (Å²) in [5, 5.41) is 12.5. The number of hydrogen-bond acceptors (Lipinski definition) is 5. The fourth-order valence-corrected chi connectivity index (χ4v) is 3.98. The van der Waals surface area contributed by atoms with Crippen LogP contribution >= 0.6 is 0 Å². The molecule has 3 rings (SSSR count). The number of anilines is 1. The summed E-state index contributed by atoms with van der Waals surface area (Å²) < 4.78 is 16.8. The summed E-state index contributed by atoms with van der Waals surface area (Å²) in [6.07, 6.45) is 0.362. The molecule has 0 unspecified atom stereocenters. The Kier molecular flexibility index (Phi) is 7.45. The third-order valence-corrected chi connectivity index (χ3v) is 5.39. The van der Waals surface area contributed by atoms with Crippen molar-refractivity contribution in [2.45, 2.75) is 39.7 Å². The maximum absolute atomic E-state index is 13.2. The molecule has 8 heteroatoms. The third kappa shape index (κ3) is 5.07. The maximum Gasteiger partial charge on any atom is 0.322 e. The Labute approximate surface area is 188 Å². The van der Waals surface area contributed by atoms with Crippen LogP contribution in [0.25, 0.3) is 0 Å². The Hall–Kier alpha value is -3.42. The molecule has 0 saturated carbocycles. The molecule has 32 heavy (non-hydrogen) atoms. The number of rotatable bonds is 8. The predicted octanol–water partition coefficient (Wildman–Crippen LogP) is 4.41. The van der Waals surface area contributed by atoms with Crippen molar-refractivity contribution < 1.29 is 28.9 Å². The Morgan fingerprint density at radius 3 is 2.41 bits per heavy atom. The Balaban J connectivity index is 1.96. The van der Waals surface area contributed by atoms with Crippen LogP contribution in [0, 0.1) is 6.92 Å². The molecular formula is C24H30N2O6. The van der Waals surface area contributed by atoms with E-state index >= 15 is 0 Å². The van der Waals surface area contributed by atoms with Gasteiger partial charge in [0.25, 0.3) is 0 Å². The van der Waals surface area contributed by atoms with E-state index in [2.05, 4.69) is 5.32 Å². The van der Waals surface area contributed by atoms with Gasteiger partial charge in [-0.2, -0.15) is 0 Å². The number of fused-ring (bicyclic) bond motifs is 1. The monoisotopic (exact) mass is 442 g/mol. The second-order valence-electron chi connectivity index (χ2n) is 7.55. The van der Waals surface area contributed by atoms with Gasteiger partial charge in [0.15, 0.2) is 11.5 Å². The molecule has 2 amide bonds. The SMILES string of the molecule is CCOc1cc2c(cc1OCC)[C@@H](CC(=O)O)N(C(=O)Nc1cc(C)ccc1OC)CC2. The molecule has 2 N–H and O–H groups in total. The molecule has 8 nitrogen and oxygen atoms in total. The molecule has 0 fully saturated rings. The average molecular weight is 443 g/mol. The standard InChI is InChI=1S/C24H30N2O6/c1-5-31-21-12-16-9-10-26(19(14-23(27)28)17(16)13-22(21)32-6-2)24(29)25-18-11-15(3)7-8-20(18)30-4/h7-8,11-13,19H,5-6,9-10,14H2,1-4H3,(H,25,29)(H,27,28)/t19-/m1/s1. The number of aryl methyl sites for hydroxylation is 1. The molecule has 0 aliphatic carbocycles. The highest BCUT2D eigenvalue weighted by Gasteiger charge is 2.34. The second-order valence-corrected chi connectivity index (χ2v) is 7.55. The van der Waals surface area contributed by atoms with E-state index in [1.54, 1.807) is 11.0 Å². The summed E-state index contributed by atoms with van der Waals surface area (Å²) >= 11 is 0. The van der Waals surface area contributed by atoms with Crippen molar-refractivity contribution in [2.75, 3.05) is 32.2 Å². The van der Waals surface area contributed by atoms with E-state index in [-0.39, 0.29) is 12.5 Å². The number of benzene rings is 2. The quantitative estimate of drug-likeness (QED) is 0.629. The molecule has 1 aliphatic rings. The second kappa shape index (κ2) is 10.3. The van der Waals surface area contributed by atoms with Crippen molar-refractivity contribution in [2.24, 2.45) is 0 Å². The van der Waals surface area contributed by atoms with Gasteiger partial charge in [-0.1, -0.05) is 6.07 Å². The minimum Gasteiger partial charge on any atom is -0.495 e. The van der Waals surface area contributed by atoms with Crippen LogP contribution < -0.4 is 19.5 Å². The van der Waals surface area contributed by atoms with E-state index in [0.29, 0.717) is 49.1 Å². The Bertz CT molecular complexity index is 991. The zero-order valence-electron chi connectivity index (χ0n) is 18.9. The predicted molar refractivity (Wildman–Crippen MR) is 121 cm³/mol. The van der Waals surface area contributed by atoms with E-state index in [4.69, 9.17) is 14.2 Å². The summed E-state index contributed by atoms with van der Waals surface area (Å²) in [5.74, 6) is 0.729. The lowest BCUT2D eigenvalue weighted by atomic mass is 9.90. The molecule has 1 aliphatic heterocycles. The zero-order chi connectivity index (χ0) is 23.3. The van der Waals surface area contributed by atoms with E-state index in [9.17, 15) is 14.7 Å². The number of carboxylic acids is 1. The maximum atomic E-state index is 13.2. The average Bonchev–Trinajstić information content (AvgIpc) is 2.74. The molecule has 2 aromatic rings. The topological polar surface area (TPSA) is 97.3 Å². The van der Waals surface area contributed by atoms with Crippen molar-refractivity contribution in [3.8, 4) is 17.2 Å². The van der Waals surface area contributed by atoms with Gasteiger partial charge >= 0.3 is 12.0 Å². The van der Waals surface area contributed by atoms with E-state index in [1.165, 1.54) is 7.11 Å². The van der Waals surface area contributed by atoms with Crippen LogP contribution in [0.4, 0.5) is 10.5 Å². The molecule has 0 saturated heterocycles. The number of ether oxygens (including phenoxy) is 3. The summed E-state index contributed by atoms with van der Waals surface area (Å²) in [5.41, 5.74) is 3.23. The van der Waals surface area contributed by atoms with E-state index in [0.717, 1.165) is 16.7 Å². The van der Waals surface area contributed by atoms with Gasteiger partial charge in [0.2, 0.25) is 0 Å². The van der Waals surface area contributed by atoms with Crippen molar-refractivity contribution in [1.82, 2.24) is 4.90 Å². The summed E-state index contributed by atoms with van der Waals surface area (Å²) in [7, 11) is 1.54. The molecule has 1 atom stereocenters. The first kappa shape index (κ1) is 23.2. The van der Waals surface area contributed by atoms with Crippen LogP contribution in [0.3, 0.4) is 0 Å². The van der Waals surface area contributed by atoms with E-state index < -0.39 is 12.0 Å². The smallest absolute Gasteiger partial charge is 0.322 e. The van der Waals surface area contributed by atoms with Crippen molar-refractivity contribution >= 4 is 17.7 Å². The van der Waals surface area contributed by atoms with Crippen LogP contribution in [0.5, 0.6) is 17.2 Å². The number of aliphatic carboxylic acids is 1. The third-order valence-electron chi connectivity index (χ3n) is 5.39. The number of hydrogen-bond donors (Lipinski definition) is 2. The number of carbonyl (C=O) groups is 2. The number of amides is 2. The minimum atomic E-state index is -0.986. The number of carbonyl (C=O) groups excluding carboxylic acids is 1. The van der Waals surface area contributed by atoms with Crippen LogP contribution in [0.1, 0.15) is 43.0 Å². The molecule has 1 heterocycles. The first-order chi connectivity index (χ1) is 15.4. The van der Waals surface area contributed by atoms with E-state index in [1.807, 2.05) is 45.0 Å². The summed E-state index contributed by atoms with van der Waals surface area (Å²) in [6, 6.07) is 8.20. The fraction of sp³-hybridized carbons (Fsp3) is 0.417. The molecule has 0 spiro atoms. The van der Waals surface area contributed by atoms with Crippen LogP contribution in [-0.4, -0.2) is 48.9 Å². The highest BCUT2D eigenvalue weighted by molar-refractivity contribution is 5.92. The lowest BCUT2D eigenvalue weighted by Crippen LogP contribution is -2.43. The number of carboxylic acid groups (broad SMARTS) is 1. The Morgan fingerprint density at radius 1 is 1.09 bits per heavy atom. The minimum absolute atomic E-state index is 0.217. The first-order valence-electron chi connectivity index (χ1n) is 10.7. The van der Waals surface area contributed by atoms with Gasteiger partial charge in [0.05, 0.1) is 38.5 Å². The van der Waals surface area contributed by atoms with Crippen molar-refractivity contribution in [3.05, 3.63) is 47.0 Å². The van der Waals surface area contributed by atoms with Crippen LogP contribution in [-0.2, 0) is 11.2 Å². The van der Waals surface area contributed by atoms with Gasteiger partial charge in [-0.15, -0.1) is 0 Å². The van der Waals surface area contributed by atoms with Gasteiger partial charge in [-0.05, 0) is 68.1 Å². The molecule has 0 aromatic heterocycles. The Morgan fingerprint density at radius 2 is 1.78 bits per heavy atom. The van der Waals surface area contributed by atoms with Crippen molar-refractivity contribution in [1.29, 1.82) is 0 Å².